The molecule has 0 bridgehead atoms. The minimum Gasteiger partial charge on any atom is -0.394 e. The number of aliphatic hydroxyl groups excluding tert-OH is 1. The molecular formula is C12H14F4N2O. The fourth-order valence-electron chi connectivity index (χ4n) is 2.39. The van der Waals surface area contributed by atoms with Crippen LogP contribution in [-0.2, 0) is 0 Å². The highest BCUT2D eigenvalue weighted by Crippen LogP contribution is 2.30. The molecule has 2 rings (SSSR count). The molecule has 0 aliphatic carbocycles. The van der Waals surface area contributed by atoms with Gasteiger partial charge in [0.05, 0.1) is 12.6 Å². The van der Waals surface area contributed by atoms with Crippen molar-refractivity contribution >= 4 is 5.69 Å². The maximum absolute atomic E-state index is 13.7. The highest BCUT2D eigenvalue weighted by atomic mass is 19.2. The molecule has 3 nitrogen and oxygen atoms in total. The molecule has 1 aliphatic heterocycles. The summed E-state index contributed by atoms with van der Waals surface area (Å²) in [5, 5.41) is 9.28. The van der Waals surface area contributed by atoms with E-state index in [9.17, 15) is 22.7 Å². The van der Waals surface area contributed by atoms with Crippen molar-refractivity contribution in [2.45, 2.75) is 31.7 Å². The van der Waals surface area contributed by atoms with Crippen LogP contribution in [0.15, 0.2) is 0 Å². The van der Waals surface area contributed by atoms with Gasteiger partial charge in [0, 0.05) is 6.54 Å². The van der Waals surface area contributed by atoms with Gasteiger partial charge in [0.15, 0.2) is 0 Å². The van der Waals surface area contributed by atoms with Gasteiger partial charge in [-0.1, -0.05) is 12.8 Å². The van der Waals surface area contributed by atoms with Gasteiger partial charge < -0.3 is 10.0 Å². The smallest absolute Gasteiger partial charge is 0.253 e. The predicted molar refractivity (Wildman–Crippen MR) is 60.8 cm³/mol. The van der Waals surface area contributed by atoms with Crippen molar-refractivity contribution in [2.75, 3.05) is 18.1 Å². The lowest BCUT2D eigenvalue weighted by molar-refractivity contribution is 0.253. The lowest BCUT2D eigenvalue weighted by atomic mass is 10.1. The van der Waals surface area contributed by atoms with Crippen LogP contribution >= 0.6 is 0 Å². The van der Waals surface area contributed by atoms with Crippen molar-refractivity contribution in [3.05, 3.63) is 23.5 Å². The van der Waals surface area contributed by atoms with E-state index in [2.05, 4.69) is 4.98 Å². The van der Waals surface area contributed by atoms with E-state index in [0.29, 0.717) is 12.8 Å². The standard InChI is InChI=1S/C12H14F4N2O/c13-8-10(9(14)12(16)17-11(8)15)18-5-3-1-2-4-7(18)6-19/h7,19H,1-6H2. The first-order valence-electron chi connectivity index (χ1n) is 6.13. The van der Waals surface area contributed by atoms with Gasteiger partial charge in [-0.25, -0.2) is 0 Å². The Morgan fingerprint density at radius 2 is 1.68 bits per heavy atom. The summed E-state index contributed by atoms with van der Waals surface area (Å²) in [4.78, 5) is 3.73. The first kappa shape index (κ1) is 14.0. The fraction of sp³-hybridized carbons (Fsp3) is 0.583. The Hall–Kier alpha value is -1.37. The van der Waals surface area contributed by atoms with Crippen molar-refractivity contribution < 1.29 is 22.7 Å². The fourth-order valence-corrected chi connectivity index (χ4v) is 2.39. The third kappa shape index (κ3) is 2.65. The number of anilines is 1. The van der Waals surface area contributed by atoms with E-state index in [1.165, 1.54) is 4.90 Å². The summed E-state index contributed by atoms with van der Waals surface area (Å²) in [6, 6.07) is -0.548. The van der Waals surface area contributed by atoms with Crippen LogP contribution in [-0.4, -0.2) is 29.3 Å². The number of aromatic nitrogens is 1. The monoisotopic (exact) mass is 278 g/mol. The topological polar surface area (TPSA) is 36.4 Å². The third-order valence-corrected chi connectivity index (χ3v) is 3.35. The molecule has 1 N–H and O–H groups in total. The van der Waals surface area contributed by atoms with Gasteiger partial charge in [0.2, 0.25) is 11.6 Å². The zero-order chi connectivity index (χ0) is 14.0. The first-order chi connectivity index (χ1) is 9.06. The zero-order valence-corrected chi connectivity index (χ0v) is 10.2. The number of hydrogen-bond acceptors (Lipinski definition) is 3. The Labute approximate surface area is 107 Å². The largest absolute Gasteiger partial charge is 0.394 e. The van der Waals surface area contributed by atoms with Gasteiger partial charge >= 0.3 is 0 Å². The van der Waals surface area contributed by atoms with Crippen molar-refractivity contribution in [2.24, 2.45) is 0 Å². The zero-order valence-electron chi connectivity index (χ0n) is 10.2. The van der Waals surface area contributed by atoms with Crippen molar-refractivity contribution in [3.8, 4) is 0 Å². The molecule has 1 saturated heterocycles. The van der Waals surface area contributed by atoms with Crippen molar-refractivity contribution in [1.82, 2.24) is 4.98 Å². The Kier molecular flexibility index (Phi) is 4.24. The molecule has 1 unspecified atom stereocenters. The van der Waals surface area contributed by atoms with Gasteiger partial charge in [-0.05, 0) is 12.8 Å². The quantitative estimate of drug-likeness (QED) is 0.666. The van der Waals surface area contributed by atoms with E-state index >= 15 is 0 Å². The van der Waals surface area contributed by atoms with E-state index < -0.39 is 35.3 Å². The number of nitrogens with zero attached hydrogens (tertiary/aromatic N) is 2. The first-order valence-corrected chi connectivity index (χ1v) is 6.13. The Balaban J connectivity index is 2.49. The van der Waals surface area contributed by atoms with Gasteiger partial charge in [0.25, 0.3) is 11.9 Å². The third-order valence-electron chi connectivity index (χ3n) is 3.35. The van der Waals surface area contributed by atoms with Crippen molar-refractivity contribution in [1.29, 1.82) is 0 Å². The van der Waals surface area contributed by atoms with Crippen LogP contribution in [0, 0.1) is 23.5 Å². The Bertz CT molecular complexity index is 443. The summed E-state index contributed by atoms with van der Waals surface area (Å²) in [7, 11) is 0. The molecule has 1 aliphatic rings. The lowest BCUT2D eigenvalue weighted by Crippen LogP contribution is -2.39. The summed E-state index contributed by atoms with van der Waals surface area (Å²) in [6.45, 7) is -0.0909. The number of halogens is 4. The van der Waals surface area contributed by atoms with Gasteiger partial charge in [-0.2, -0.15) is 22.5 Å². The molecule has 19 heavy (non-hydrogen) atoms. The number of rotatable bonds is 2. The minimum atomic E-state index is -1.67. The highest BCUT2D eigenvalue weighted by molar-refractivity contribution is 5.49. The van der Waals surface area contributed by atoms with E-state index in [1.54, 1.807) is 0 Å². The molecule has 1 aromatic rings. The average molecular weight is 278 g/mol. The average Bonchev–Trinajstić information content (AvgIpc) is 2.62. The molecule has 0 spiro atoms. The molecule has 1 fully saturated rings. The second kappa shape index (κ2) is 5.73. The van der Waals surface area contributed by atoms with Gasteiger partial charge in [-0.15, -0.1) is 0 Å². The maximum atomic E-state index is 13.7. The van der Waals surface area contributed by atoms with E-state index in [-0.39, 0.29) is 13.2 Å². The van der Waals surface area contributed by atoms with E-state index in [4.69, 9.17) is 0 Å². The van der Waals surface area contributed by atoms with Crippen LogP contribution in [0.1, 0.15) is 25.7 Å². The van der Waals surface area contributed by atoms with Crippen LogP contribution < -0.4 is 4.90 Å². The summed E-state index contributed by atoms with van der Waals surface area (Å²) >= 11 is 0. The van der Waals surface area contributed by atoms with Crippen molar-refractivity contribution in [3.63, 3.8) is 0 Å². The lowest BCUT2D eigenvalue weighted by Gasteiger charge is -2.31. The van der Waals surface area contributed by atoms with Crippen LogP contribution in [0.4, 0.5) is 23.2 Å². The molecule has 2 heterocycles. The second-order valence-corrected chi connectivity index (χ2v) is 4.55. The summed E-state index contributed by atoms with van der Waals surface area (Å²) in [5.41, 5.74) is -0.772. The molecule has 0 aromatic carbocycles. The number of aliphatic hydroxyl groups is 1. The molecule has 1 atom stereocenters. The normalized spacial score (nSPS) is 20.5. The van der Waals surface area contributed by atoms with Crippen LogP contribution in [0.3, 0.4) is 0 Å². The van der Waals surface area contributed by atoms with Gasteiger partial charge in [0.1, 0.15) is 5.69 Å². The Morgan fingerprint density at radius 1 is 1.05 bits per heavy atom. The molecule has 0 saturated carbocycles. The van der Waals surface area contributed by atoms with E-state index in [0.717, 1.165) is 12.8 Å². The molecule has 106 valence electrons. The molecule has 1 aromatic heterocycles. The van der Waals surface area contributed by atoms with E-state index in [1.807, 2.05) is 0 Å². The molecule has 7 heteroatoms. The minimum absolute atomic E-state index is 0.238. The molecule has 0 radical (unpaired) electrons. The molecule has 0 amide bonds. The number of hydrogen-bond donors (Lipinski definition) is 1. The Morgan fingerprint density at radius 3 is 2.26 bits per heavy atom. The van der Waals surface area contributed by atoms with Crippen LogP contribution in [0.25, 0.3) is 0 Å². The summed E-state index contributed by atoms with van der Waals surface area (Å²) < 4.78 is 53.7. The van der Waals surface area contributed by atoms with Crippen LogP contribution in [0.2, 0.25) is 0 Å². The summed E-state index contributed by atoms with van der Waals surface area (Å²) in [6.07, 6.45) is 2.79. The highest BCUT2D eigenvalue weighted by Gasteiger charge is 2.30. The van der Waals surface area contributed by atoms with Gasteiger partial charge in [-0.3, -0.25) is 0 Å². The molecular weight excluding hydrogens is 264 g/mol. The maximum Gasteiger partial charge on any atom is 0.253 e. The number of pyridine rings is 1. The SMILES string of the molecule is OCC1CCCCCN1c1c(F)c(F)nc(F)c1F. The second-order valence-electron chi connectivity index (χ2n) is 4.55. The summed E-state index contributed by atoms with van der Waals surface area (Å²) in [5.74, 6) is -6.37. The predicted octanol–water partition coefficient (Wildman–Crippen LogP) is 2.38. The van der Waals surface area contributed by atoms with Crippen LogP contribution in [0.5, 0.6) is 0 Å².